The highest BCUT2D eigenvalue weighted by Crippen LogP contribution is 2.37. The second-order valence-corrected chi connectivity index (χ2v) is 7.82. The third kappa shape index (κ3) is 3.07. The number of benzene rings is 1. The normalized spacial score (nSPS) is 19.7. The van der Waals surface area contributed by atoms with Gasteiger partial charge in [-0.25, -0.2) is 4.79 Å². The zero-order valence-electron chi connectivity index (χ0n) is 13.6. The van der Waals surface area contributed by atoms with Crippen molar-refractivity contribution in [3.63, 3.8) is 0 Å². The Morgan fingerprint density at radius 3 is 2.43 bits per heavy atom. The van der Waals surface area contributed by atoms with Crippen LogP contribution in [0.2, 0.25) is 0 Å². The topological polar surface area (TPSA) is 55.8 Å². The summed E-state index contributed by atoms with van der Waals surface area (Å²) in [6.07, 6.45) is 2.73. The molecule has 23 heavy (non-hydrogen) atoms. The van der Waals surface area contributed by atoms with Crippen LogP contribution in [0.15, 0.2) is 30.3 Å². The number of hydrogen-bond acceptors (Lipinski definition) is 4. The first-order valence-electron chi connectivity index (χ1n) is 7.48. The van der Waals surface area contributed by atoms with Gasteiger partial charge < -0.3 is 14.4 Å². The van der Waals surface area contributed by atoms with E-state index in [-0.39, 0.29) is 18.3 Å². The van der Waals surface area contributed by atoms with Gasteiger partial charge in [-0.2, -0.15) is 0 Å². The van der Waals surface area contributed by atoms with E-state index in [2.05, 4.69) is 6.07 Å². The van der Waals surface area contributed by atoms with Crippen molar-refractivity contribution >= 4 is 45.4 Å². The highest BCUT2D eigenvalue weighted by molar-refractivity contribution is 7.28. The molecule has 6 heteroatoms. The lowest BCUT2D eigenvalue weighted by Gasteiger charge is -2.32. The van der Waals surface area contributed by atoms with Crippen molar-refractivity contribution in [3.8, 4) is 0 Å². The van der Waals surface area contributed by atoms with Crippen LogP contribution in [0, 0.1) is 0 Å². The Morgan fingerprint density at radius 1 is 1.17 bits per heavy atom. The van der Waals surface area contributed by atoms with Crippen molar-refractivity contribution in [1.29, 1.82) is 0 Å². The molecule has 0 atom stereocenters. The van der Waals surface area contributed by atoms with Gasteiger partial charge in [-0.05, 0) is 62.9 Å². The summed E-state index contributed by atoms with van der Waals surface area (Å²) < 4.78 is 14.3. The zero-order valence-corrected chi connectivity index (χ0v) is 14.4. The molecule has 1 aliphatic rings. The Balaban J connectivity index is 1.91. The first-order chi connectivity index (χ1) is 10.7. The largest absolute Gasteiger partial charge is 0.505 e. The minimum absolute atomic E-state index is 0.358. The predicted molar refractivity (Wildman–Crippen MR) is 94.2 cm³/mol. The predicted octanol–water partition coefficient (Wildman–Crippen LogP) is 3.30. The van der Waals surface area contributed by atoms with Gasteiger partial charge in [0.25, 0.3) is 0 Å². The van der Waals surface area contributed by atoms with E-state index in [0.717, 1.165) is 26.5 Å². The van der Waals surface area contributed by atoms with Gasteiger partial charge in [0.1, 0.15) is 0 Å². The quantitative estimate of drug-likeness (QED) is 0.693. The molecule has 1 aliphatic heterocycles. The van der Waals surface area contributed by atoms with Crippen molar-refractivity contribution in [2.24, 2.45) is 0 Å². The average Bonchev–Trinajstić information content (AvgIpc) is 2.95. The molecule has 0 unspecified atom stereocenters. The van der Waals surface area contributed by atoms with E-state index in [1.54, 1.807) is 17.4 Å². The molecule has 1 aromatic carbocycles. The van der Waals surface area contributed by atoms with Crippen LogP contribution in [-0.2, 0) is 14.1 Å². The number of rotatable bonds is 3. The molecule has 120 valence electrons. The maximum Gasteiger partial charge on any atom is 0.505 e. The molecule has 0 bridgehead atoms. The number of carbonyl (C=O) groups is 1. The van der Waals surface area contributed by atoms with E-state index in [0.29, 0.717) is 0 Å². The van der Waals surface area contributed by atoms with Crippen LogP contribution in [-0.4, -0.2) is 29.4 Å². The Kier molecular flexibility index (Phi) is 3.87. The number of thiophene rings is 1. The molecule has 2 heterocycles. The van der Waals surface area contributed by atoms with Gasteiger partial charge in [0.15, 0.2) is 0 Å². The lowest BCUT2D eigenvalue weighted by Crippen LogP contribution is -2.41. The molecular formula is C17H19BO4S. The smallest absolute Gasteiger partial charge is 0.478 e. The van der Waals surface area contributed by atoms with Gasteiger partial charge in [0, 0.05) is 15.6 Å². The summed E-state index contributed by atoms with van der Waals surface area (Å²) in [6, 6.07) is 7.93. The molecule has 3 rings (SSSR count). The lowest BCUT2D eigenvalue weighted by atomic mass is 9.87. The van der Waals surface area contributed by atoms with Gasteiger partial charge in [0.05, 0.1) is 11.2 Å². The minimum Gasteiger partial charge on any atom is -0.478 e. The van der Waals surface area contributed by atoms with Gasteiger partial charge in [-0.3, -0.25) is 0 Å². The number of carboxylic acid groups (broad SMARTS) is 1. The first kappa shape index (κ1) is 16.2. The highest BCUT2D eigenvalue weighted by Gasteiger charge is 2.52. The molecule has 0 saturated carbocycles. The van der Waals surface area contributed by atoms with Gasteiger partial charge in [-0.1, -0.05) is 6.07 Å². The van der Waals surface area contributed by atoms with Gasteiger partial charge in [0.2, 0.25) is 0 Å². The van der Waals surface area contributed by atoms with Crippen LogP contribution in [0.25, 0.3) is 16.2 Å². The lowest BCUT2D eigenvalue weighted by molar-refractivity contribution is -0.131. The number of hydrogen-bond donors (Lipinski definition) is 1. The van der Waals surface area contributed by atoms with Crippen molar-refractivity contribution in [2.75, 3.05) is 0 Å². The van der Waals surface area contributed by atoms with Crippen LogP contribution in [0.4, 0.5) is 0 Å². The second-order valence-electron chi connectivity index (χ2n) is 6.71. The number of fused-ring (bicyclic) bond motifs is 1. The zero-order chi connectivity index (χ0) is 16.8. The molecule has 1 fully saturated rings. The summed E-state index contributed by atoms with van der Waals surface area (Å²) in [5, 5.41) is 9.78. The Labute approximate surface area is 139 Å². The average molecular weight is 330 g/mol. The summed E-state index contributed by atoms with van der Waals surface area (Å²) in [4.78, 5) is 10.6. The van der Waals surface area contributed by atoms with Crippen LogP contribution < -0.4 is 4.78 Å². The second kappa shape index (κ2) is 5.48. The fourth-order valence-corrected chi connectivity index (χ4v) is 3.43. The maximum atomic E-state index is 10.6. The summed E-state index contributed by atoms with van der Waals surface area (Å²) in [6.45, 7) is 8.15. The van der Waals surface area contributed by atoms with Crippen LogP contribution in [0.1, 0.15) is 33.3 Å². The summed E-state index contributed by atoms with van der Waals surface area (Å²) in [5.74, 6) is -0.951. The molecule has 0 aliphatic carbocycles. The number of aliphatic carboxylic acids is 1. The van der Waals surface area contributed by atoms with E-state index < -0.39 is 5.97 Å². The van der Waals surface area contributed by atoms with E-state index in [9.17, 15) is 4.79 Å². The molecule has 1 N–H and O–H groups in total. The molecular weight excluding hydrogens is 311 g/mol. The van der Waals surface area contributed by atoms with Crippen molar-refractivity contribution in [3.05, 3.63) is 35.9 Å². The van der Waals surface area contributed by atoms with E-state index >= 15 is 0 Å². The fraction of sp³-hybridized carbons (Fsp3) is 0.353. The summed E-state index contributed by atoms with van der Waals surface area (Å²) >= 11 is 1.64. The molecule has 0 amide bonds. The van der Waals surface area contributed by atoms with Crippen LogP contribution in [0.5, 0.6) is 0 Å². The molecule has 0 spiro atoms. The molecule has 1 saturated heterocycles. The summed E-state index contributed by atoms with van der Waals surface area (Å²) in [5.41, 5.74) is 0.144. The Bertz CT molecular complexity index is 775. The SMILES string of the molecule is CC1(C)OB(c2cc3cc(/C=C/C(=O)O)ccc3s2)OC1(C)C. The monoisotopic (exact) mass is 330 g/mol. The van der Waals surface area contributed by atoms with Crippen molar-refractivity contribution in [2.45, 2.75) is 38.9 Å². The van der Waals surface area contributed by atoms with Crippen LogP contribution >= 0.6 is 11.3 Å². The molecule has 2 aromatic rings. The molecule has 1 aromatic heterocycles. The number of carboxylic acids is 1. The van der Waals surface area contributed by atoms with E-state index in [1.807, 2.05) is 45.9 Å². The third-order valence-corrected chi connectivity index (χ3v) is 5.60. The standard InChI is InChI=1S/C17H19BO4S/c1-16(2)17(3,4)22-18(21-16)14-10-12-9-11(6-8-15(19)20)5-7-13(12)23-14/h5-10H,1-4H3,(H,19,20)/b8-6+. The van der Waals surface area contributed by atoms with Gasteiger partial charge in [-0.15, -0.1) is 11.3 Å². The highest BCUT2D eigenvalue weighted by atomic mass is 32.1. The van der Waals surface area contributed by atoms with E-state index in [1.165, 1.54) is 0 Å². The first-order valence-corrected chi connectivity index (χ1v) is 8.30. The minimum atomic E-state index is -0.951. The van der Waals surface area contributed by atoms with Crippen molar-refractivity contribution < 1.29 is 19.2 Å². The summed E-state index contributed by atoms with van der Waals surface area (Å²) in [7, 11) is -0.365. The van der Waals surface area contributed by atoms with Crippen LogP contribution in [0.3, 0.4) is 0 Å². The maximum absolute atomic E-state index is 10.6. The third-order valence-electron chi connectivity index (χ3n) is 4.46. The van der Waals surface area contributed by atoms with Crippen molar-refractivity contribution in [1.82, 2.24) is 0 Å². The molecule has 4 nitrogen and oxygen atoms in total. The van der Waals surface area contributed by atoms with E-state index in [4.69, 9.17) is 14.4 Å². The van der Waals surface area contributed by atoms with Gasteiger partial charge >= 0.3 is 13.1 Å². The molecule has 0 radical (unpaired) electrons. The Morgan fingerprint density at radius 2 is 1.83 bits per heavy atom. The Hall–Kier alpha value is -1.63. The fourth-order valence-electron chi connectivity index (χ4n) is 2.43.